The highest BCUT2D eigenvalue weighted by molar-refractivity contribution is 5.89. The number of ketones is 1. The smallest absolute Gasteiger partial charge is 0.142 e. The van der Waals surface area contributed by atoms with Crippen LogP contribution in [0.4, 0.5) is 0 Å². The highest BCUT2D eigenvalue weighted by atomic mass is 16.1. The molecule has 0 amide bonds. The molecule has 0 saturated carbocycles. The lowest BCUT2D eigenvalue weighted by molar-refractivity contribution is -0.124. The zero-order valence-electron chi connectivity index (χ0n) is 11.4. The van der Waals surface area contributed by atoms with Crippen molar-refractivity contribution in [2.75, 3.05) is 20.6 Å². The Labute approximate surface area is 105 Å². The minimum absolute atomic E-state index is 0.325. The van der Waals surface area contributed by atoms with Crippen LogP contribution in [0.15, 0.2) is 30.3 Å². The topological polar surface area (TPSA) is 20.3 Å². The van der Waals surface area contributed by atoms with Gasteiger partial charge in [-0.3, -0.25) is 4.79 Å². The van der Waals surface area contributed by atoms with Gasteiger partial charge in [0.1, 0.15) is 5.78 Å². The zero-order valence-corrected chi connectivity index (χ0v) is 11.4. The number of nitrogens with zero attached hydrogens (tertiary/aromatic N) is 1. The summed E-state index contributed by atoms with van der Waals surface area (Å²) in [5, 5.41) is 0. The molecular formula is C15H23NO. The molecule has 17 heavy (non-hydrogen) atoms. The molecule has 1 atom stereocenters. The Kier molecular flexibility index (Phi) is 4.88. The highest BCUT2D eigenvalue weighted by Crippen LogP contribution is 2.30. The van der Waals surface area contributed by atoms with Gasteiger partial charge in [-0.15, -0.1) is 0 Å². The first kappa shape index (κ1) is 13.9. The third-order valence-corrected chi connectivity index (χ3v) is 3.41. The van der Waals surface area contributed by atoms with E-state index in [9.17, 15) is 4.79 Å². The molecule has 94 valence electrons. The van der Waals surface area contributed by atoms with Crippen molar-refractivity contribution in [3.05, 3.63) is 35.9 Å². The number of carbonyl (C=O) groups excluding carboxylic acids is 1. The summed E-state index contributed by atoms with van der Waals surface area (Å²) in [4.78, 5) is 14.4. The second-order valence-corrected chi connectivity index (χ2v) is 5.03. The van der Waals surface area contributed by atoms with E-state index >= 15 is 0 Å². The van der Waals surface area contributed by atoms with E-state index < -0.39 is 0 Å². The van der Waals surface area contributed by atoms with Crippen molar-refractivity contribution in [2.24, 2.45) is 0 Å². The van der Waals surface area contributed by atoms with Crippen molar-refractivity contribution >= 4 is 5.78 Å². The fraction of sp³-hybridized carbons (Fsp3) is 0.533. The summed E-state index contributed by atoms with van der Waals surface area (Å²) < 4.78 is 0. The molecule has 0 bridgehead atoms. The molecule has 0 fully saturated rings. The summed E-state index contributed by atoms with van der Waals surface area (Å²) in [6, 6.07) is 10.1. The molecule has 0 spiro atoms. The van der Waals surface area contributed by atoms with Crippen LogP contribution in [-0.2, 0) is 10.2 Å². The molecule has 2 heteroatoms. The molecule has 0 saturated heterocycles. The monoisotopic (exact) mass is 233 g/mol. The van der Waals surface area contributed by atoms with Gasteiger partial charge in [0.2, 0.25) is 0 Å². The molecular weight excluding hydrogens is 210 g/mol. The maximum atomic E-state index is 12.2. The largest absolute Gasteiger partial charge is 0.309 e. The Balaban J connectivity index is 2.98. The molecule has 1 rings (SSSR count). The molecule has 0 heterocycles. The van der Waals surface area contributed by atoms with Crippen LogP contribution in [0.5, 0.6) is 0 Å². The van der Waals surface area contributed by atoms with Crippen LogP contribution in [0.25, 0.3) is 0 Å². The Morgan fingerprint density at radius 2 is 1.82 bits per heavy atom. The first-order valence-electron chi connectivity index (χ1n) is 6.24. The normalized spacial score (nSPS) is 14.6. The summed E-state index contributed by atoms with van der Waals surface area (Å²) in [5.41, 5.74) is 0.786. The van der Waals surface area contributed by atoms with E-state index in [1.54, 1.807) is 0 Å². The molecule has 0 unspecified atom stereocenters. The standard InChI is InChI=1S/C15H23NO/c1-5-14(17)15(2,11-12-16(3)4)13-9-7-6-8-10-13/h6-10H,5,11-12H2,1-4H3/t15-/m0/s1. The zero-order chi connectivity index (χ0) is 12.9. The molecule has 1 aromatic rings. The Morgan fingerprint density at radius 1 is 1.24 bits per heavy atom. The minimum atomic E-state index is -0.347. The van der Waals surface area contributed by atoms with Gasteiger partial charge in [-0.1, -0.05) is 37.3 Å². The van der Waals surface area contributed by atoms with Crippen LogP contribution in [0, 0.1) is 0 Å². The van der Waals surface area contributed by atoms with E-state index in [0.717, 1.165) is 18.5 Å². The number of carbonyl (C=O) groups is 1. The molecule has 2 nitrogen and oxygen atoms in total. The Hall–Kier alpha value is -1.15. The van der Waals surface area contributed by atoms with Gasteiger partial charge in [0, 0.05) is 6.42 Å². The van der Waals surface area contributed by atoms with Crippen molar-refractivity contribution in [1.29, 1.82) is 0 Å². The molecule has 0 aliphatic rings. The summed E-state index contributed by atoms with van der Waals surface area (Å²) in [7, 11) is 4.09. The number of Topliss-reactive ketones (excluding diaryl/α,β-unsaturated/α-hetero) is 1. The number of hydrogen-bond donors (Lipinski definition) is 0. The molecule has 0 aliphatic carbocycles. The Morgan fingerprint density at radius 3 is 2.29 bits per heavy atom. The van der Waals surface area contributed by atoms with Gasteiger partial charge in [0.25, 0.3) is 0 Å². The second-order valence-electron chi connectivity index (χ2n) is 5.03. The lowest BCUT2D eigenvalue weighted by Gasteiger charge is -2.29. The summed E-state index contributed by atoms with van der Waals surface area (Å²) in [6.07, 6.45) is 1.47. The van der Waals surface area contributed by atoms with E-state index in [1.165, 1.54) is 0 Å². The number of rotatable bonds is 6. The predicted molar refractivity (Wildman–Crippen MR) is 72.3 cm³/mol. The van der Waals surface area contributed by atoms with E-state index in [1.807, 2.05) is 39.2 Å². The first-order valence-corrected chi connectivity index (χ1v) is 6.24. The van der Waals surface area contributed by atoms with Crippen LogP contribution < -0.4 is 0 Å². The lowest BCUT2D eigenvalue weighted by atomic mass is 9.75. The third-order valence-electron chi connectivity index (χ3n) is 3.41. The van der Waals surface area contributed by atoms with Gasteiger partial charge in [0.05, 0.1) is 5.41 Å². The number of benzene rings is 1. The van der Waals surface area contributed by atoms with Crippen molar-refractivity contribution in [1.82, 2.24) is 4.90 Å². The second kappa shape index (κ2) is 5.97. The van der Waals surface area contributed by atoms with Gasteiger partial charge in [-0.25, -0.2) is 0 Å². The fourth-order valence-corrected chi connectivity index (χ4v) is 2.09. The van der Waals surface area contributed by atoms with Crippen LogP contribution in [0.1, 0.15) is 32.3 Å². The maximum absolute atomic E-state index is 12.2. The van der Waals surface area contributed by atoms with Gasteiger partial charge in [0.15, 0.2) is 0 Å². The molecule has 0 aromatic heterocycles. The molecule has 0 aliphatic heterocycles. The van der Waals surface area contributed by atoms with Crippen LogP contribution in [-0.4, -0.2) is 31.3 Å². The van der Waals surface area contributed by atoms with Crippen molar-refractivity contribution in [3.63, 3.8) is 0 Å². The SMILES string of the molecule is CCC(=O)[C@@](C)(CCN(C)C)c1ccccc1. The van der Waals surface area contributed by atoms with E-state index in [-0.39, 0.29) is 5.41 Å². The predicted octanol–water partition coefficient (Wildman–Crippen LogP) is 2.88. The molecule has 0 radical (unpaired) electrons. The van der Waals surface area contributed by atoms with E-state index in [4.69, 9.17) is 0 Å². The lowest BCUT2D eigenvalue weighted by Crippen LogP contribution is -2.35. The highest BCUT2D eigenvalue weighted by Gasteiger charge is 2.33. The Bertz CT molecular complexity index is 358. The van der Waals surface area contributed by atoms with Gasteiger partial charge >= 0.3 is 0 Å². The minimum Gasteiger partial charge on any atom is -0.309 e. The van der Waals surface area contributed by atoms with Gasteiger partial charge in [-0.05, 0) is 39.5 Å². The summed E-state index contributed by atoms with van der Waals surface area (Å²) in [5.74, 6) is 0.325. The van der Waals surface area contributed by atoms with Gasteiger partial charge < -0.3 is 4.90 Å². The average molecular weight is 233 g/mol. The third kappa shape index (κ3) is 3.40. The number of hydrogen-bond acceptors (Lipinski definition) is 2. The van der Waals surface area contributed by atoms with Crippen LogP contribution in [0.3, 0.4) is 0 Å². The summed E-state index contributed by atoms with van der Waals surface area (Å²) in [6.45, 7) is 4.94. The van der Waals surface area contributed by atoms with Crippen molar-refractivity contribution in [3.8, 4) is 0 Å². The quantitative estimate of drug-likeness (QED) is 0.753. The summed E-state index contributed by atoms with van der Waals surface area (Å²) >= 11 is 0. The first-order chi connectivity index (χ1) is 8.00. The van der Waals surface area contributed by atoms with Crippen LogP contribution in [0.2, 0.25) is 0 Å². The average Bonchev–Trinajstić information content (AvgIpc) is 2.36. The van der Waals surface area contributed by atoms with E-state index in [2.05, 4.69) is 24.0 Å². The van der Waals surface area contributed by atoms with Crippen LogP contribution >= 0.6 is 0 Å². The van der Waals surface area contributed by atoms with E-state index in [0.29, 0.717) is 12.2 Å². The molecule has 1 aromatic carbocycles. The molecule has 0 N–H and O–H groups in total. The van der Waals surface area contributed by atoms with Gasteiger partial charge in [-0.2, -0.15) is 0 Å². The van der Waals surface area contributed by atoms with Crippen molar-refractivity contribution in [2.45, 2.75) is 32.1 Å². The van der Waals surface area contributed by atoms with Crippen molar-refractivity contribution < 1.29 is 4.79 Å². The maximum Gasteiger partial charge on any atom is 0.142 e. The fourth-order valence-electron chi connectivity index (χ4n) is 2.09.